The molecule has 21 heavy (non-hydrogen) atoms. The number of aromatic nitrogens is 2. The number of benzene rings is 1. The van der Waals surface area contributed by atoms with Crippen molar-refractivity contribution in [2.45, 2.75) is 13.0 Å². The number of hydrogen-bond acceptors (Lipinski definition) is 4. The van der Waals surface area contributed by atoms with Crippen LogP contribution < -0.4 is 5.73 Å². The highest BCUT2D eigenvalue weighted by Gasteiger charge is 2.26. The molecule has 1 saturated heterocycles. The molecule has 0 unspecified atom stereocenters. The first-order chi connectivity index (χ1) is 10.1. The van der Waals surface area contributed by atoms with Crippen LogP contribution in [0.5, 0.6) is 0 Å². The molecular formula is C15H18N4O2. The van der Waals surface area contributed by atoms with Crippen LogP contribution in [-0.2, 0) is 4.74 Å². The van der Waals surface area contributed by atoms with Crippen LogP contribution in [0.1, 0.15) is 17.4 Å². The molecule has 2 aromatic rings. The Morgan fingerprint density at radius 2 is 2.10 bits per heavy atom. The monoisotopic (exact) mass is 286 g/mol. The van der Waals surface area contributed by atoms with E-state index in [0.29, 0.717) is 31.1 Å². The van der Waals surface area contributed by atoms with Crippen LogP contribution in [0.25, 0.3) is 5.69 Å². The first kappa shape index (κ1) is 13.6. The number of nitrogens with two attached hydrogens (primary N) is 1. The lowest BCUT2D eigenvalue weighted by Crippen LogP contribution is -2.47. The van der Waals surface area contributed by atoms with Crippen LogP contribution in [0.15, 0.2) is 36.5 Å². The molecule has 0 radical (unpaired) electrons. The molecule has 1 fully saturated rings. The Morgan fingerprint density at radius 3 is 2.81 bits per heavy atom. The van der Waals surface area contributed by atoms with Gasteiger partial charge in [0.05, 0.1) is 24.9 Å². The van der Waals surface area contributed by atoms with Crippen molar-refractivity contribution in [3.8, 4) is 5.69 Å². The zero-order chi connectivity index (χ0) is 14.8. The van der Waals surface area contributed by atoms with E-state index in [0.717, 1.165) is 5.69 Å². The molecule has 1 aromatic heterocycles. The van der Waals surface area contributed by atoms with Crippen LogP contribution in [0, 0.1) is 0 Å². The van der Waals surface area contributed by atoms with Gasteiger partial charge in [0, 0.05) is 18.4 Å². The summed E-state index contributed by atoms with van der Waals surface area (Å²) in [6.07, 6.45) is 1.78. The average Bonchev–Trinajstić information content (AvgIpc) is 2.98. The van der Waals surface area contributed by atoms with Gasteiger partial charge in [-0.2, -0.15) is 5.10 Å². The van der Waals surface area contributed by atoms with E-state index in [1.807, 2.05) is 31.2 Å². The smallest absolute Gasteiger partial charge is 0.274 e. The van der Waals surface area contributed by atoms with Crippen molar-refractivity contribution in [1.29, 1.82) is 0 Å². The van der Waals surface area contributed by atoms with Gasteiger partial charge < -0.3 is 15.4 Å². The Balaban J connectivity index is 1.81. The summed E-state index contributed by atoms with van der Waals surface area (Å²) >= 11 is 0. The molecule has 2 heterocycles. The summed E-state index contributed by atoms with van der Waals surface area (Å²) < 4.78 is 7.03. The number of hydrogen-bond donors (Lipinski definition) is 1. The normalized spacial score (nSPS) is 18.7. The molecule has 1 amide bonds. The van der Waals surface area contributed by atoms with Crippen molar-refractivity contribution in [2.75, 3.05) is 25.5 Å². The van der Waals surface area contributed by atoms with Crippen molar-refractivity contribution >= 4 is 11.6 Å². The highest BCUT2D eigenvalue weighted by molar-refractivity contribution is 5.92. The molecule has 110 valence electrons. The predicted molar refractivity (Wildman–Crippen MR) is 79.3 cm³/mol. The van der Waals surface area contributed by atoms with Crippen molar-refractivity contribution < 1.29 is 9.53 Å². The molecule has 2 N–H and O–H groups in total. The molecule has 0 bridgehead atoms. The Labute approximate surface area is 123 Å². The van der Waals surface area contributed by atoms with E-state index in [9.17, 15) is 4.79 Å². The first-order valence-corrected chi connectivity index (χ1v) is 6.95. The number of anilines is 1. The van der Waals surface area contributed by atoms with E-state index in [2.05, 4.69) is 5.10 Å². The highest BCUT2D eigenvalue weighted by atomic mass is 16.5. The Morgan fingerprint density at radius 1 is 1.33 bits per heavy atom. The lowest BCUT2D eigenvalue weighted by Gasteiger charge is -2.32. The molecule has 3 rings (SSSR count). The third-order valence-corrected chi connectivity index (χ3v) is 3.59. The van der Waals surface area contributed by atoms with Crippen molar-refractivity contribution in [3.05, 3.63) is 42.2 Å². The largest absolute Gasteiger partial charge is 0.399 e. The fourth-order valence-corrected chi connectivity index (χ4v) is 2.38. The molecular weight excluding hydrogens is 268 g/mol. The Kier molecular flexibility index (Phi) is 3.62. The fraction of sp³-hybridized carbons (Fsp3) is 0.333. The number of carbonyl (C=O) groups excluding carboxylic acids is 1. The summed E-state index contributed by atoms with van der Waals surface area (Å²) in [7, 11) is 0. The number of amides is 1. The quantitative estimate of drug-likeness (QED) is 0.845. The molecule has 0 saturated carbocycles. The average molecular weight is 286 g/mol. The van der Waals surface area contributed by atoms with E-state index in [-0.39, 0.29) is 11.9 Å². The van der Waals surface area contributed by atoms with Crippen LogP contribution in [0.3, 0.4) is 0 Å². The van der Waals surface area contributed by atoms with Crippen LogP contribution in [0.4, 0.5) is 5.69 Å². The van der Waals surface area contributed by atoms with Gasteiger partial charge in [0.1, 0.15) is 0 Å². The Hall–Kier alpha value is -2.34. The van der Waals surface area contributed by atoms with Gasteiger partial charge in [-0.15, -0.1) is 0 Å². The zero-order valence-electron chi connectivity index (χ0n) is 11.9. The summed E-state index contributed by atoms with van der Waals surface area (Å²) in [6.45, 7) is 3.74. The van der Waals surface area contributed by atoms with Crippen LogP contribution in [0.2, 0.25) is 0 Å². The third-order valence-electron chi connectivity index (χ3n) is 3.59. The van der Waals surface area contributed by atoms with Crippen LogP contribution in [-0.4, -0.2) is 46.4 Å². The number of morpholine rings is 1. The predicted octanol–water partition coefficient (Wildman–Crippen LogP) is 1.32. The zero-order valence-corrected chi connectivity index (χ0v) is 11.9. The van der Waals surface area contributed by atoms with Crippen molar-refractivity contribution in [2.24, 2.45) is 0 Å². The molecule has 1 atom stereocenters. The fourth-order valence-electron chi connectivity index (χ4n) is 2.38. The summed E-state index contributed by atoms with van der Waals surface area (Å²) in [4.78, 5) is 14.3. The number of nitrogens with zero attached hydrogens (tertiary/aromatic N) is 3. The standard InChI is InChI=1S/C15H18N4O2/c1-11-10-21-9-8-18(11)15(20)14-6-7-19(17-14)13-4-2-12(16)3-5-13/h2-7,11H,8-10,16H2,1H3/t11-/m1/s1. The topological polar surface area (TPSA) is 73.4 Å². The molecule has 1 aliphatic heterocycles. The van der Waals surface area contributed by atoms with Gasteiger partial charge in [0.15, 0.2) is 5.69 Å². The number of rotatable bonds is 2. The molecule has 1 aliphatic rings. The van der Waals surface area contributed by atoms with Gasteiger partial charge in [-0.05, 0) is 37.3 Å². The second-order valence-corrected chi connectivity index (χ2v) is 5.16. The molecule has 6 heteroatoms. The molecule has 0 spiro atoms. The van der Waals surface area contributed by atoms with Crippen molar-refractivity contribution in [3.63, 3.8) is 0 Å². The van der Waals surface area contributed by atoms with Gasteiger partial charge in [-0.1, -0.05) is 0 Å². The number of nitrogen functional groups attached to an aromatic ring is 1. The van der Waals surface area contributed by atoms with E-state index >= 15 is 0 Å². The molecule has 0 aliphatic carbocycles. The maximum Gasteiger partial charge on any atom is 0.274 e. The second-order valence-electron chi connectivity index (χ2n) is 5.16. The first-order valence-electron chi connectivity index (χ1n) is 6.95. The maximum absolute atomic E-state index is 12.5. The van der Waals surface area contributed by atoms with Gasteiger partial charge in [-0.3, -0.25) is 4.79 Å². The van der Waals surface area contributed by atoms with Crippen LogP contribution >= 0.6 is 0 Å². The van der Waals surface area contributed by atoms with Crippen molar-refractivity contribution in [1.82, 2.24) is 14.7 Å². The van der Waals surface area contributed by atoms with Gasteiger partial charge >= 0.3 is 0 Å². The molecule has 1 aromatic carbocycles. The minimum absolute atomic E-state index is 0.0556. The van der Waals surface area contributed by atoms with E-state index in [1.54, 1.807) is 21.8 Å². The van der Waals surface area contributed by atoms with Gasteiger partial charge in [-0.25, -0.2) is 4.68 Å². The highest BCUT2D eigenvalue weighted by Crippen LogP contribution is 2.14. The van der Waals surface area contributed by atoms with Gasteiger partial charge in [0.2, 0.25) is 0 Å². The lowest BCUT2D eigenvalue weighted by molar-refractivity contribution is 0.00325. The maximum atomic E-state index is 12.5. The number of carbonyl (C=O) groups is 1. The summed E-state index contributed by atoms with van der Waals surface area (Å²) in [5.74, 6) is -0.0556. The summed E-state index contributed by atoms with van der Waals surface area (Å²) in [5, 5.41) is 4.36. The van der Waals surface area contributed by atoms with E-state index in [4.69, 9.17) is 10.5 Å². The molecule has 6 nitrogen and oxygen atoms in total. The lowest BCUT2D eigenvalue weighted by atomic mass is 10.2. The van der Waals surface area contributed by atoms with Gasteiger partial charge in [0.25, 0.3) is 5.91 Å². The minimum Gasteiger partial charge on any atom is -0.399 e. The third kappa shape index (κ3) is 2.75. The Bertz CT molecular complexity index is 635. The van der Waals surface area contributed by atoms with E-state index in [1.165, 1.54) is 0 Å². The van der Waals surface area contributed by atoms with E-state index < -0.39 is 0 Å². The minimum atomic E-state index is -0.0556. The summed E-state index contributed by atoms with van der Waals surface area (Å²) in [5.41, 5.74) is 7.69. The summed E-state index contributed by atoms with van der Waals surface area (Å²) in [6, 6.07) is 9.17. The number of ether oxygens (including phenoxy) is 1. The SMILES string of the molecule is C[C@@H]1COCCN1C(=O)c1ccn(-c2ccc(N)cc2)n1. The second kappa shape index (κ2) is 5.57.